The minimum atomic E-state index is -0.143. The van der Waals surface area contributed by atoms with E-state index >= 15 is 0 Å². The third-order valence-electron chi connectivity index (χ3n) is 5.44. The molecule has 2 atom stereocenters. The van der Waals surface area contributed by atoms with Crippen molar-refractivity contribution in [3.05, 3.63) is 0 Å². The minimum absolute atomic E-state index is 0.132. The minimum Gasteiger partial charge on any atom is -0.379 e. The fourth-order valence-electron chi connectivity index (χ4n) is 3.99. The fraction of sp³-hybridized carbons (Fsp3) is 0.882. The van der Waals surface area contributed by atoms with E-state index in [-0.39, 0.29) is 17.7 Å². The topological polar surface area (TPSA) is 65.1 Å². The fourth-order valence-corrected chi connectivity index (χ4v) is 3.99. The molecule has 0 spiro atoms. The zero-order valence-electron chi connectivity index (χ0n) is 14.7. The maximum atomic E-state index is 12.7. The Kier molecular flexibility index (Phi) is 6.08. The number of nitrogens with one attached hydrogen (secondary N) is 1. The molecule has 3 aliphatic heterocycles. The van der Waals surface area contributed by atoms with Crippen molar-refractivity contribution < 1.29 is 14.3 Å². The average molecular weight is 338 g/mol. The normalized spacial score (nSPS) is 28.8. The van der Waals surface area contributed by atoms with Gasteiger partial charge in [0.2, 0.25) is 11.8 Å². The molecule has 0 saturated carbocycles. The molecule has 136 valence electrons. The van der Waals surface area contributed by atoms with Crippen LogP contribution >= 0.6 is 0 Å². The van der Waals surface area contributed by atoms with Crippen molar-refractivity contribution in [1.29, 1.82) is 0 Å². The first-order chi connectivity index (χ1) is 11.7. The van der Waals surface area contributed by atoms with Gasteiger partial charge < -0.3 is 19.9 Å². The van der Waals surface area contributed by atoms with E-state index in [2.05, 4.69) is 10.2 Å². The molecule has 2 unspecified atom stereocenters. The molecule has 3 fully saturated rings. The number of hydrogen-bond acceptors (Lipinski definition) is 5. The van der Waals surface area contributed by atoms with Crippen molar-refractivity contribution in [3.8, 4) is 0 Å². The highest BCUT2D eigenvalue weighted by Gasteiger charge is 2.38. The van der Waals surface area contributed by atoms with Crippen LogP contribution in [0.25, 0.3) is 0 Å². The van der Waals surface area contributed by atoms with E-state index in [9.17, 15) is 9.59 Å². The summed E-state index contributed by atoms with van der Waals surface area (Å²) in [5.74, 6) is 0.715. The summed E-state index contributed by atoms with van der Waals surface area (Å²) >= 11 is 0. The van der Waals surface area contributed by atoms with Gasteiger partial charge in [0.15, 0.2) is 0 Å². The predicted molar refractivity (Wildman–Crippen MR) is 90.6 cm³/mol. The second-order valence-electron chi connectivity index (χ2n) is 7.19. The number of likely N-dealkylation sites (tertiary alicyclic amines) is 2. The summed E-state index contributed by atoms with van der Waals surface area (Å²) in [6, 6.07) is 0. The van der Waals surface area contributed by atoms with Gasteiger partial charge in [-0.25, -0.2) is 0 Å². The van der Waals surface area contributed by atoms with E-state index in [4.69, 9.17) is 4.74 Å². The molecule has 24 heavy (non-hydrogen) atoms. The van der Waals surface area contributed by atoms with Gasteiger partial charge in [0, 0.05) is 52.2 Å². The van der Waals surface area contributed by atoms with E-state index in [1.165, 1.54) is 0 Å². The van der Waals surface area contributed by atoms with E-state index < -0.39 is 0 Å². The molecule has 3 saturated heterocycles. The summed E-state index contributed by atoms with van der Waals surface area (Å²) in [4.78, 5) is 31.1. The SMILES string of the molecule is CNCC1CCN(C(=O)C2CC(=O)N(CCN3CCOCC3)C2)C1. The molecular formula is C17H30N4O3. The second-order valence-corrected chi connectivity index (χ2v) is 7.19. The van der Waals surface area contributed by atoms with Gasteiger partial charge >= 0.3 is 0 Å². The molecular weight excluding hydrogens is 308 g/mol. The van der Waals surface area contributed by atoms with Crippen LogP contribution in [0.3, 0.4) is 0 Å². The van der Waals surface area contributed by atoms with Gasteiger partial charge in [-0.05, 0) is 25.9 Å². The summed E-state index contributed by atoms with van der Waals surface area (Å²) in [6.45, 7) is 8.25. The van der Waals surface area contributed by atoms with Crippen LogP contribution in [-0.4, -0.2) is 99.1 Å². The van der Waals surface area contributed by atoms with E-state index in [0.29, 0.717) is 18.9 Å². The number of nitrogens with zero attached hydrogens (tertiary/aromatic N) is 3. The zero-order valence-corrected chi connectivity index (χ0v) is 14.7. The lowest BCUT2D eigenvalue weighted by Gasteiger charge is -2.28. The Hall–Kier alpha value is -1.18. The Bertz CT molecular complexity index is 453. The summed E-state index contributed by atoms with van der Waals surface area (Å²) in [6.07, 6.45) is 1.45. The Morgan fingerprint density at radius 3 is 2.75 bits per heavy atom. The van der Waals surface area contributed by atoms with Crippen LogP contribution in [0.5, 0.6) is 0 Å². The van der Waals surface area contributed by atoms with Gasteiger partial charge in [0.1, 0.15) is 0 Å². The van der Waals surface area contributed by atoms with Crippen molar-refractivity contribution in [2.24, 2.45) is 11.8 Å². The van der Waals surface area contributed by atoms with Crippen molar-refractivity contribution in [3.63, 3.8) is 0 Å². The van der Waals surface area contributed by atoms with Crippen LogP contribution in [0.15, 0.2) is 0 Å². The maximum absolute atomic E-state index is 12.7. The predicted octanol–water partition coefficient (Wildman–Crippen LogP) is -0.765. The van der Waals surface area contributed by atoms with Crippen molar-refractivity contribution in [2.45, 2.75) is 12.8 Å². The van der Waals surface area contributed by atoms with Gasteiger partial charge in [0.25, 0.3) is 0 Å². The van der Waals surface area contributed by atoms with E-state index in [0.717, 1.165) is 65.4 Å². The van der Waals surface area contributed by atoms with Crippen molar-refractivity contribution in [2.75, 3.05) is 72.6 Å². The Labute approximate surface area is 144 Å². The first-order valence-corrected chi connectivity index (χ1v) is 9.18. The van der Waals surface area contributed by atoms with E-state index in [1.807, 2.05) is 16.8 Å². The lowest BCUT2D eigenvalue weighted by atomic mass is 10.1. The highest BCUT2D eigenvalue weighted by molar-refractivity contribution is 5.89. The quantitative estimate of drug-likeness (QED) is 0.689. The lowest BCUT2D eigenvalue weighted by Crippen LogP contribution is -2.42. The molecule has 2 amide bonds. The highest BCUT2D eigenvalue weighted by atomic mass is 16.5. The van der Waals surface area contributed by atoms with Crippen LogP contribution in [0.4, 0.5) is 0 Å². The Morgan fingerprint density at radius 2 is 2.00 bits per heavy atom. The second kappa shape index (κ2) is 8.27. The van der Waals surface area contributed by atoms with Crippen molar-refractivity contribution in [1.82, 2.24) is 20.0 Å². The van der Waals surface area contributed by atoms with Gasteiger partial charge in [0.05, 0.1) is 19.1 Å². The third kappa shape index (κ3) is 4.26. The smallest absolute Gasteiger partial charge is 0.228 e. The molecule has 3 heterocycles. The van der Waals surface area contributed by atoms with Gasteiger partial charge in [-0.3, -0.25) is 14.5 Å². The Balaban J connectivity index is 1.44. The molecule has 0 aromatic rings. The number of carbonyl (C=O) groups is 2. The van der Waals surface area contributed by atoms with Crippen LogP contribution in [-0.2, 0) is 14.3 Å². The first kappa shape index (κ1) is 17.6. The summed E-state index contributed by atoms with van der Waals surface area (Å²) in [7, 11) is 1.95. The molecule has 7 nitrogen and oxygen atoms in total. The number of hydrogen-bond donors (Lipinski definition) is 1. The van der Waals surface area contributed by atoms with Gasteiger partial charge in [-0.15, -0.1) is 0 Å². The molecule has 3 aliphatic rings. The highest BCUT2D eigenvalue weighted by Crippen LogP contribution is 2.24. The number of rotatable bonds is 6. The maximum Gasteiger partial charge on any atom is 0.228 e. The molecule has 0 aliphatic carbocycles. The molecule has 0 aromatic carbocycles. The summed E-state index contributed by atoms with van der Waals surface area (Å²) in [5.41, 5.74) is 0. The number of amides is 2. The largest absolute Gasteiger partial charge is 0.379 e. The molecule has 7 heteroatoms. The number of ether oxygens (including phenoxy) is 1. The molecule has 3 rings (SSSR count). The summed E-state index contributed by atoms with van der Waals surface area (Å²) in [5, 5.41) is 3.19. The monoisotopic (exact) mass is 338 g/mol. The lowest BCUT2D eigenvalue weighted by molar-refractivity contribution is -0.135. The summed E-state index contributed by atoms with van der Waals surface area (Å²) < 4.78 is 5.35. The van der Waals surface area contributed by atoms with Crippen LogP contribution in [0.1, 0.15) is 12.8 Å². The van der Waals surface area contributed by atoms with E-state index in [1.54, 1.807) is 0 Å². The number of carbonyl (C=O) groups excluding carboxylic acids is 2. The third-order valence-corrected chi connectivity index (χ3v) is 5.44. The Morgan fingerprint density at radius 1 is 1.21 bits per heavy atom. The van der Waals surface area contributed by atoms with Crippen LogP contribution in [0.2, 0.25) is 0 Å². The molecule has 0 bridgehead atoms. The number of morpholine rings is 1. The van der Waals surface area contributed by atoms with Gasteiger partial charge in [-0.2, -0.15) is 0 Å². The van der Waals surface area contributed by atoms with Crippen LogP contribution in [0, 0.1) is 11.8 Å². The van der Waals surface area contributed by atoms with Crippen LogP contribution < -0.4 is 5.32 Å². The first-order valence-electron chi connectivity index (χ1n) is 9.18. The van der Waals surface area contributed by atoms with Gasteiger partial charge in [-0.1, -0.05) is 0 Å². The van der Waals surface area contributed by atoms with Crippen molar-refractivity contribution >= 4 is 11.8 Å². The average Bonchev–Trinajstić information content (AvgIpc) is 3.21. The standard InChI is InChI=1S/C17H30N4O3/c1-18-11-14-2-3-21(12-14)17(23)15-10-16(22)20(13-15)5-4-19-6-8-24-9-7-19/h14-15,18H,2-13H2,1H3. The molecule has 0 aromatic heterocycles. The molecule has 0 radical (unpaired) electrons. The zero-order chi connectivity index (χ0) is 16.9. The molecule has 1 N–H and O–H groups in total.